The predicted molar refractivity (Wildman–Crippen MR) is 103 cm³/mol. The topological polar surface area (TPSA) is 82.5 Å². The van der Waals surface area contributed by atoms with E-state index in [1.165, 1.54) is 36.2 Å². The second-order valence-electron chi connectivity index (χ2n) is 7.41. The molecule has 0 radical (unpaired) electrons. The normalized spacial score (nSPS) is 20.3. The largest absolute Gasteiger partial charge is 0.481 e. The summed E-state index contributed by atoms with van der Waals surface area (Å²) < 4.78 is 40.7. The maximum Gasteiger partial charge on any atom is 0.413 e. The van der Waals surface area contributed by atoms with Crippen molar-refractivity contribution in [2.75, 3.05) is 12.4 Å². The second kappa shape index (κ2) is 7.13. The molecule has 4 rings (SSSR count). The third-order valence-electron chi connectivity index (χ3n) is 5.01. The van der Waals surface area contributed by atoms with E-state index in [1.807, 2.05) is 0 Å². The van der Waals surface area contributed by atoms with E-state index >= 15 is 0 Å². The number of hydrogen-bond acceptors (Lipinski definition) is 5. The molecule has 156 valence electrons. The van der Waals surface area contributed by atoms with Gasteiger partial charge in [0.1, 0.15) is 6.33 Å². The van der Waals surface area contributed by atoms with Crippen molar-refractivity contribution in [3.63, 3.8) is 0 Å². The molecule has 1 atom stereocenters. The molecule has 9 heteroatoms. The number of alkyl halides is 2. The molecule has 1 saturated carbocycles. The number of amides is 1. The van der Waals surface area contributed by atoms with Crippen molar-refractivity contribution in [1.29, 1.82) is 0 Å². The van der Waals surface area contributed by atoms with Gasteiger partial charge in [-0.2, -0.15) is 0 Å². The summed E-state index contributed by atoms with van der Waals surface area (Å²) in [4.78, 5) is 28.3. The predicted octanol–water partition coefficient (Wildman–Crippen LogP) is 3.13. The number of nitrogens with zero attached hydrogens (tertiary/aromatic N) is 2. The molecule has 1 aliphatic carbocycles. The summed E-state index contributed by atoms with van der Waals surface area (Å²) in [7, 11) is 1.40. The summed E-state index contributed by atoms with van der Waals surface area (Å²) in [5.74, 6) is 2.17. The Morgan fingerprint density at radius 3 is 2.77 bits per heavy atom. The Bertz CT molecular complexity index is 1130. The molecule has 30 heavy (non-hydrogen) atoms. The molecule has 0 spiro atoms. The first kappa shape index (κ1) is 19.9. The standard InChI is InChI=1S/C21H19F2N3O4/c1-20(22,23)21(8-7-13-3-4-13)15-6-5-14(9-16(15)25-19(28)30-21)11-26-12-24-17(29-2)10-18(26)27/h5-6,9-10,12-13H,3-4,11H2,1-2H3,(H,25,28)/t21-/m0/s1. The van der Waals surface area contributed by atoms with Gasteiger partial charge in [0, 0.05) is 18.4 Å². The zero-order valence-corrected chi connectivity index (χ0v) is 16.4. The molecule has 1 aromatic carbocycles. The molecule has 0 saturated heterocycles. The minimum absolute atomic E-state index is 0.0509. The first-order chi connectivity index (χ1) is 14.2. The minimum atomic E-state index is -3.43. The Hall–Kier alpha value is -3.41. The Labute approximate surface area is 171 Å². The Kier molecular flexibility index (Phi) is 4.73. The molecule has 2 aromatic rings. The van der Waals surface area contributed by atoms with Gasteiger partial charge in [-0.15, -0.1) is 0 Å². The summed E-state index contributed by atoms with van der Waals surface area (Å²) in [5.41, 5.74) is -1.86. The zero-order chi connectivity index (χ0) is 21.5. The quantitative estimate of drug-likeness (QED) is 0.776. The van der Waals surface area contributed by atoms with Crippen LogP contribution in [0.25, 0.3) is 0 Å². The van der Waals surface area contributed by atoms with Gasteiger partial charge in [0.05, 0.1) is 25.4 Å². The number of carbonyl (C=O) groups excluding carboxylic acids is 1. The van der Waals surface area contributed by atoms with Crippen molar-refractivity contribution in [2.45, 2.75) is 37.8 Å². The monoisotopic (exact) mass is 415 g/mol. The van der Waals surface area contributed by atoms with Crippen molar-refractivity contribution in [1.82, 2.24) is 9.55 Å². The third-order valence-corrected chi connectivity index (χ3v) is 5.01. The molecule has 7 nitrogen and oxygen atoms in total. The van der Waals surface area contributed by atoms with Gasteiger partial charge in [0.15, 0.2) is 0 Å². The van der Waals surface area contributed by atoms with Crippen LogP contribution >= 0.6 is 0 Å². The van der Waals surface area contributed by atoms with E-state index in [9.17, 15) is 18.4 Å². The number of ether oxygens (including phenoxy) is 2. The molecule has 1 aliphatic heterocycles. The van der Waals surface area contributed by atoms with Crippen LogP contribution in [0.2, 0.25) is 0 Å². The number of hydrogen-bond donors (Lipinski definition) is 1. The van der Waals surface area contributed by atoms with E-state index in [-0.39, 0.29) is 35.2 Å². The molecule has 1 N–H and O–H groups in total. The lowest BCUT2D eigenvalue weighted by molar-refractivity contribution is -0.142. The van der Waals surface area contributed by atoms with Crippen LogP contribution < -0.4 is 15.6 Å². The van der Waals surface area contributed by atoms with E-state index in [4.69, 9.17) is 9.47 Å². The number of halogens is 2. The van der Waals surface area contributed by atoms with Gasteiger partial charge >= 0.3 is 6.09 Å². The van der Waals surface area contributed by atoms with Crippen LogP contribution in [0.1, 0.15) is 30.9 Å². The van der Waals surface area contributed by atoms with Gasteiger partial charge < -0.3 is 9.47 Å². The highest BCUT2D eigenvalue weighted by Gasteiger charge is 2.57. The number of benzene rings is 1. The van der Waals surface area contributed by atoms with Crippen LogP contribution in [0.4, 0.5) is 19.3 Å². The summed E-state index contributed by atoms with van der Waals surface area (Å²) in [5, 5.41) is 2.46. The molecular formula is C21H19F2N3O4. The number of anilines is 1. The zero-order valence-electron chi connectivity index (χ0n) is 16.4. The van der Waals surface area contributed by atoms with Crippen LogP contribution in [-0.2, 0) is 16.9 Å². The highest BCUT2D eigenvalue weighted by Crippen LogP contribution is 2.46. The van der Waals surface area contributed by atoms with Crippen LogP contribution in [0, 0.1) is 17.8 Å². The van der Waals surface area contributed by atoms with E-state index in [0.717, 1.165) is 12.8 Å². The van der Waals surface area contributed by atoms with Crippen molar-refractivity contribution >= 4 is 11.8 Å². The average Bonchev–Trinajstić information content (AvgIpc) is 3.51. The van der Waals surface area contributed by atoms with Gasteiger partial charge in [-0.25, -0.2) is 18.6 Å². The highest BCUT2D eigenvalue weighted by atomic mass is 19.3. The van der Waals surface area contributed by atoms with Crippen LogP contribution in [0.3, 0.4) is 0 Å². The lowest BCUT2D eigenvalue weighted by Gasteiger charge is -2.38. The number of methoxy groups -OCH3 is 1. The molecule has 2 heterocycles. The molecule has 1 aromatic heterocycles. The van der Waals surface area contributed by atoms with Gasteiger partial charge in [-0.3, -0.25) is 14.7 Å². The SMILES string of the molecule is COc1cc(=O)n(Cc2ccc3c(c2)NC(=O)O[C@]3(C#CC2CC2)C(C)(F)F)cn1. The second-order valence-corrected chi connectivity index (χ2v) is 7.41. The summed E-state index contributed by atoms with van der Waals surface area (Å²) >= 11 is 0. The Morgan fingerprint density at radius 2 is 2.13 bits per heavy atom. The summed E-state index contributed by atoms with van der Waals surface area (Å²) in [6, 6.07) is 5.82. The van der Waals surface area contributed by atoms with E-state index in [2.05, 4.69) is 22.1 Å². The van der Waals surface area contributed by atoms with Crippen LogP contribution in [0.5, 0.6) is 5.88 Å². The minimum Gasteiger partial charge on any atom is -0.481 e. The van der Waals surface area contributed by atoms with Gasteiger partial charge in [-0.1, -0.05) is 18.1 Å². The van der Waals surface area contributed by atoms with E-state index in [0.29, 0.717) is 12.5 Å². The maximum absolute atomic E-state index is 14.7. The first-order valence-electron chi connectivity index (χ1n) is 9.36. The maximum atomic E-state index is 14.7. The van der Waals surface area contributed by atoms with Crippen molar-refractivity contribution in [3.05, 3.63) is 52.1 Å². The fourth-order valence-electron chi connectivity index (χ4n) is 3.23. The van der Waals surface area contributed by atoms with E-state index in [1.54, 1.807) is 6.07 Å². The molecule has 2 aliphatic rings. The average molecular weight is 415 g/mol. The fourth-order valence-corrected chi connectivity index (χ4v) is 3.23. The van der Waals surface area contributed by atoms with Crippen molar-refractivity contribution in [2.24, 2.45) is 5.92 Å². The smallest absolute Gasteiger partial charge is 0.413 e. The fraction of sp³-hybridized carbons (Fsp3) is 0.381. The number of rotatable bonds is 4. The van der Waals surface area contributed by atoms with E-state index < -0.39 is 17.6 Å². The van der Waals surface area contributed by atoms with Crippen LogP contribution in [0.15, 0.2) is 35.4 Å². The number of cyclic esters (lactones) is 1. The van der Waals surface area contributed by atoms with Gasteiger partial charge in [0.2, 0.25) is 5.88 Å². The lowest BCUT2D eigenvalue weighted by atomic mass is 9.85. The molecule has 1 amide bonds. The molecule has 0 bridgehead atoms. The Morgan fingerprint density at radius 1 is 1.37 bits per heavy atom. The molecule has 0 unspecified atom stereocenters. The first-order valence-corrected chi connectivity index (χ1v) is 9.36. The number of fused-ring (bicyclic) bond motifs is 1. The van der Waals surface area contributed by atoms with Gasteiger partial charge in [-0.05, 0) is 30.4 Å². The van der Waals surface area contributed by atoms with Gasteiger partial charge in [0.25, 0.3) is 17.1 Å². The van der Waals surface area contributed by atoms with Crippen molar-refractivity contribution in [3.8, 4) is 17.7 Å². The summed E-state index contributed by atoms with van der Waals surface area (Å²) in [6.45, 7) is 0.816. The summed E-state index contributed by atoms with van der Waals surface area (Å²) in [6.07, 6.45) is 2.02. The number of carbonyl (C=O) groups is 1. The highest BCUT2D eigenvalue weighted by molar-refractivity contribution is 5.90. The van der Waals surface area contributed by atoms with Crippen LogP contribution in [-0.4, -0.2) is 28.7 Å². The number of aromatic nitrogens is 2. The number of nitrogens with one attached hydrogen (secondary N) is 1. The third kappa shape index (κ3) is 3.61. The van der Waals surface area contributed by atoms with Crippen molar-refractivity contribution < 1.29 is 23.0 Å². The molecular weight excluding hydrogens is 396 g/mol. The Balaban J connectivity index is 1.74. The lowest BCUT2D eigenvalue weighted by Crippen LogP contribution is -2.50. The molecule has 1 fully saturated rings.